The number of halogens is 1. The van der Waals surface area contributed by atoms with Crippen molar-refractivity contribution < 1.29 is 13.9 Å². The van der Waals surface area contributed by atoms with Gasteiger partial charge in [0.15, 0.2) is 0 Å². The minimum Gasteiger partial charge on any atom is -0.380 e. The van der Waals surface area contributed by atoms with Crippen LogP contribution in [0.5, 0.6) is 0 Å². The van der Waals surface area contributed by atoms with Crippen LogP contribution in [0.25, 0.3) is 0 Å². The van der Waals surface area contributed by atoms with E-state index in [2.05, 4.69) is 5.32 Å². The molecule has 3 N–H and O–H groups in total. The van der Waals surface area contributed by atoms with Crippen LogP contribution in [-0.2, 0) is 9.53 Å². The van der Waals surface area contributed by atoms with Gasteiger partial charge in [0.05, 0.1) is 12.5 Å². The summed E-state index contributed by atoms with van der Waals surface area (Å²) < 4.78 is 18.0. The van der Waals surface area contributed by atoms with Crippen molar-refractivity contribution in [2.45, 2.75) is 19.4 Å². The first kappa shape index (κ1) is 13.6. The van der Waals surface area contributed by atoms with Crippen LogP contribution in [0.4, 0.5) is 10.1 Å². The van der Waals surface area contributed by atoms with Crippen molar-refractivity contribution in [3.05, 3.63) is 29.6 Å². The third kappa shape index (κ3) is 4.13. The monoisotopic (exact) mass is 240 g/mol. The van der Waals surface area contributed by atoms with Gasteiger partial charge in [-0.3, -0.25) is 4.79 Å². The molecule has 0 aliphatic heterocycles. The summed E-state index contributed by atoms with van der Waals surface area (Å²) in [4.78, 5) is 11.6. The normalized spacial score (nSPS) is 12.2. The topological polar surface area (TPSA) is 64.3 Å². The Morgan fingerprint density at radius 1 is 1.59 bits per heavy atom. The maximum absolute atomic E-state index is 13.0. The van der Waals surface area contributed by atoms with E-state index in [-0.39, 0.29) is 30.8 Å². The van der Waals surface area contributed by atoms with E-state index in [0.29, 0.717) is 11.3 Å². The zero-order chi connectivity index (χ0) is 12.8. The van der Waals surface area contributed by atoms with Crippen molar-refractivity contribution in [2.75, 3.05) is 19.0 Å². The van der Waals surface area contributed by atoms with Gasteiger partial charge in [0.25, 0.3) is 0 Å². The van der Waals surface area contributed by atoms with Crippen LogP contribution in [0.3, 0.4) is 0 Å². The third-order valence-electron chi connectivity index (χ3n) is 2.45. The van der Waals surface area contributed by atoms with E-state index in [9.17, 15) is 9.18 Å². The van der Waals surface area contributed by atoms with E-state index in [4.69, 9.17) is 10.5 Å². The molecule has 1 aromatic rings. The fraction of sp³-hybridized carbons (Fsp3) is 0.417. The molecule has 0 bridgehead atoms. The summed E-state index contributed by atoms with van der Waals surface area (Å²) in [6, 6.07) is 4.42. The second-order valence-corrected chi connectivity index (χ2v) is 3.81. The van der Waals surface area contributed by atoms with Crippen molar-refractivity contribution in [3.63, 3.8) is 0 Å². The molecule has 0 fully saturated rings. The van der Waals surface area contributed by atoms with Gasteiger partial charge in [-0.05, 0) is 30.7 Å². The van der Waals surface area contributed by atoms with Crippen LogP contribution < -0.4 is 11.1 Å². The molecule has 1 rings (SSSR count). The fourth-order valence-corrected chi connectivity index (χ4v) is 1.40. The minimum absolute atomic E-state index is 0.184. The molecule has 0 heterocycles. The number of nitrogens with two attached hydrogens (primary N) is 1. The summed E-state index contributed by atoms with van der Waals surface area (Å²) in [6.07, 6.45) is -0.111. The molecular weight excluding hydrogens is 223 g/mol. The smallest absolute Gasteiger partial charge is 0.227 e. The largest absolute Gasteiger partial charge is 0.380 e. The fourth-order valence-electron chi connectivity index (χ4n) is 1.40. The molecule has 1 aromatic carbocycles. The zero-order valence-corrected chi connectivity index (χ0v) is 10.00. The molecule has 0 saturated heterocycles. The predicted molar refractivity (Wildman–Crippen MR) is 64.2 cm³/mol. The number of nitrogens with one attached hydrogen (secondary N) is 1. The predicted octanol–water partition coefficient (Wildman–Crippen LogP) is 1.44. The number of hydrogen-bond acceptors (Lipinski definition) is 3. The molecule has 0 aliphatic carbocycles. The highest BCUT2D eigenvalue weighted by atomic mass is 19.1. The molecule has 94 valence electrons. The average Bonchev–Trinajstić information content (AvgIpc) is 2.31. The van der Waals surface area contributed by atoms with E-state index < -0.39 is 0 Å². The summed E-state index contributed by atoms with van der Waals surface area (Å²) in [5.41, 5.74) is 6.48. The van der Waals surface area contributed by atoms with Gasteiger partial charge in [-0.1, -0.05) is 0 Å². The SMILES string of the molecule is COC(CN)CC(=O)Nc1ccc(F)c(C)c1. The lowest BCUT2D eigenvalue weighted by molar-refractivity contribution is -0.118. The van der Waals surface area contributed by atoms with Crippen molar-refractivity contribution in [2.24, 2.45) is 5.73 Å². The van der Waals surface area contributed by atoms with Gasteiger partial charge in [0.1, 0.15) is 5.82 Å². The summed E-state index contributed by atoms with van der Waals surface area (Å²) in [5.74, 6) is -0.493. The van der Waals surface area contributed by atoms with Gasteiger partial charge in [-0.15, -0.1) is 0 Å². The molecule has 1 amide bonds. The summed E-state index contributed by atoms with van der Waals surface area (Å²) in [6.45, 7) is 1.93. The zero-order valence-electron chi connectivity index (χ0n) is 10.00. The summed E-state index contributed by atoms with van der Waals surface area (Å²) in [5, 5.41) is 2.67. The van der Waals surface area contributed by atoms with Gasteiger partial charge < -0.3 is 15.8 Å². The Morgan fingerprint density at radius 2 is 2.29 bits per heavy atom. The molecule has 17 heavy (non-hydrogen) atoms. The number of aryl methyl sites for hydroxylation is 1. The average molecular weight is 240 g/mol. The Labute approximate surface area is 100.0 Å². The highest BCUT2D eigenvalue weighted by Gasteiger charge is 2.11. The molecular formula is C12H17FN2O2. The first-order chi connectivity index (χ1) is 8.06. The van der Waals surface area contributed by atoms with E-state index in [1.54, 1.807) is 13.0 Å². The van der Waals surface area contributed by atoms with Crippen LogP contribution in [0, 0.1) is 12.7 Å². The van der Waals surface area contributed by atoms with Crippen LogP contribution in [0.15, 0.2) is 18.2 Å². The van der Waals surface area contributed by atoms with Crippen LogP contribution >= 0.6 is 0 Å². The number of amides is 1. The second kappa shape index (κ2) is 6.32. The Bertz CT molecular complexity index is 392. The third-order valence-corrected chi connectivity index (χ3v) is 2.45. The van der Waals surface area contributed by atoms with Gasteiger partial charge in [-0.2, -0.15) is 0 Å². The quantitative estimate of drug-likeness (QED) is 0.818. The highest BCUT2D eigenvalue weighted by molar-refractivity contribution is 5.91. The van der Waals surface area contributed by atoms with Gasteiger partial charge in [-0.25, -0.2) is 4.39 Å². The van der Waals surface area contributed by atoms with Crippen LogP contribution in [0.2, 0.25) is 0 Å². The van der Waals surface area contributed by atoms with Crippen LogP contribution in [-0.4, -0.2) is 25.7 Å². The maximum atomic E-state index is 13.0. The molecule has 4 nitrogen and oxygen atoms in total. The molecule has 0 aromatic heterocycles. The number of hydrogen-bond donors (Lipinski definition) is 2. The first-order valence-corrected chi connectivity index (χ1v) is 5.35. The van der Waals surface area contributed by atoms with E-state index >= 15 is 0 Å². The van der Waals surface area contributed by atoms with Crippen molar-refractivity contribution in [3.8, 4) is 0 Å². The lowest BCUT2D eigenvalue weighted by Crippen LogP contribution is -2.28. The lowest BCUT2D eigenvalue weighted by Gasteiger charge is -2.12. The molecule has 1 unspecified atom stereocenters. The first-order valence-electron chi connectivity index (χ1n) is 5.35. The van der Waals surface area contributed by atoms with Gasteiger partial charge >= 0.3 is 0 Å². The van der Waals surface area contributed by atoms with E-state index in [1.165, 1.54) is 19.2 Å². The Kier molecular flexibility index (Phi) is 5.06. The van der Waals surface area contributed by atoms with Gasteiger partial charge in [0.2, 0.25) is 5.91 Å². The number of carbonyl (C=O) groups is 1. The molecule has 5 heteroatoms. The number of rotatable bonds is 5. The highest BCUT2D eigenvalue weighted by Crippen LogP contribution is 2.14. The summed E-state index contributed by atoms with van der Waals surface area (Å²) >= 11 is 0. The van der Waals surface area contributed by atoms with E-state index in [0.717, 1.165) is 0 Å². The van der Waals surface area contributed by atoms with Gasteiger partial charge in [0, 0.05) is 19.3 Å². The maximum Gasteiger partial charge on any atom is 0.227 e. The number of benzene rings is 1. The molecule has 0 radical (unpaired) electrons. The van der Waals surface area contributed by atoms with Crippen LogP contribution in [0.1, 0.15) is 12.0 Å². The minimum atomic E-state index is -0.295. The van der Waals surface area contributed by atoms with Crippen molar-refractivity contribution in [1.29, 1.82) is 0 Å². The Morgan fingerprint density at radius 3 is 2.82 bits per heavy atom. The Balaban J connectivity index is 2.58. The van der Waals surface area contributed by atoms with Crippen molar-refractivity contribution >= 4 is 11.6 Å². The van der Waals surface area contributed by atoms with Crippen molar-refractivity contribution in [1.82, 2.24) is 0 Å². The molecule has 0 saturated carbocycles. The lowest BCUT2D eigenvalue weighted by atomic mass is 10.2. The number of carbonyl (C=O) groups excluding carboxylic acids is 1. The molecule has 1 atom stereocenters. The summed E-state index contributed by atoms with van der Waals surface area (Å²) in [7, 11) is 1.51. The second-order valence-electron chi connectivity index (χ2n) is 3.81. The number of methoxy groups -OCH3 is 1. The number of ether oxygens (including phenoxy) is 1. The molecule has 0 spiro atoms. The number of anilines is 1. The standard InChI is InChI=1S/C12H17FN2O2/c1-8-5-9(3-4-11(8)13)15-12(16)6-10(7-14)17-2/h3-5,10H,6-7,14H2,1-2H3,(H,15,16). The Hall–Kier alpha value is -1.46. The molecule has 0 aliphatic rings. The van der Waals surface area contributed by atoms with E-state index in [1.807, 2.05) is 0 Å².